The first-order valence-corrected chi connectivity index (χ1v) is 9.53. The third-order valence-corrected chi connectivity index (χ3v) is 5.05. The standard InChI is InChI=1S/C20H29N3O4/c1-4-27-20(26)16-8-10-23(11-9-16)13-19(25)21-12-18(24)22-17-7-5-6-14(2)15(17)3/h5-7,16H,4,8-13H2,1-3H3,(H,21,25)(H,22,24)/p+1. The lowest BCUT2D eigenvalue weighted by atomic mass is 9.97. The zero-order chi connectivity index (χ0) is 19.8. The molecule has 1 fully saturated rings. The molecular weight excluding hydrogens is 346 g/mol. The van der Waals surface area contributed by atoms with Crippen LogP contribution in [0, 0.1) is 19.8 Å². The molecule has 0 unspecified atom stereocenters. The first kappa shape index (κ1) is 20.9. The molecule has 0 radical (unpaired) electrons. The summed E-state index contributed by atoms with van der Waals surface area (Å²) in [6.07, 6.45) is 1.46. The van der Waals surface area contributed by atoms with Gasteiger partial charge >= 0.3 is 5.97 Å². The van der Waals surface area contributed by atoms with E-state index in [1.54, 1.807) is 6.92 Å². The molecule has 1 aliphatic heterocycles. The molecular formula is C20H30N3O4+. The lowest BCUT2D eigenvalue weighted by Crippen LogP contribution is -3.14. The number of aryl methyl sites for hydroxylation is 1. The molecule has 0 atom stereocenters. The predicted octanol–water partition coefficient (Wildman–Crippen LogP) is 0.216. The Morgan fingerprint density at radius 3 is 2.52 bits per heavy atom. The average molecular weight is 376 g/mol. The normalized spacial score (nSPS) is 19.2. The van der Waals surface area contributed by atoms with E-state index in [1.807, 2.05) is 32.0 Å². The molecule has 0 saturated carbocycles. The van der Waals surface area contributed by atoms with E-state index in [4.69, 9.17) is 4.74 Å². The van der Waals surface area contributed by atoms with Crippen LogP contribution in [0.1, 0.15) is 30.9 Å². The monoisotopic (exact) mass is 376 g/mol. The number of benzene rings is 1. The zero-order valence-corrected chi connectivity index (χ0v) is 16.4. The second kappa shape index (κ2) is 10.1. The Balaban J connectivity index is 1.70. The number of rotatable bonds is 7. The van der Waals surface area contributed by atoms with Crippen molar-refractivity contribution in [2.45, 2.75) is 33.6 Å². The fourth-order valence-electron chi connectivity index (χ4n) is 3.25. The Bertz CT molecular complexity index is 682. The molecule has 3 N–H and O–H groups in total. The van der Waals surface area contributed by atoms with Crippen LogP contribution in [0.4, 0.5) is 5.69 Å². The molecule has 27 heavy (non-hydrogen) atoms. The summed E-state index contributed by atoms with van der Waals surface area (Å²) in [5, 5.41) is 5.50. The number of likely N-dealkylation sites (tertiary alicyclic amines) is 1. The van der Waals surface area contributed by atoms with Gasteiger partial charge in [0.1, 0.15) is 0 Å². The average Bonchev–Trinajstić information content (AvgIpc) is 2.64. The minimum atomic E-state index is -0.243. The second-order valence-electron chi connectivity index (χ2n) is 7.03. The predicted molar refractivity (Wildman–Crippen MR) is 102 cm³/mol. The van der Waals surface area contributed by atoms with Gasteiger partial charge in [-0.05, 0) is 38.0 Å². The van der Waals surface area contributed by atoms with E-state index in [1.165, 1.54) is 0 Å². The quantitative estimate of drug-likeness (QED) is 0.594. The van der Waals surface area contributed by atoms with Gasteiger partial charge in [-0.1, -0.05) is 12.1 Å². The van der Waals surface area contributed by atoms with E-state index in [9.17, 15) is 14.4 Å². The Kier molecular flexibility index (Phi) is 7.79. The van der Waals surface area contributed by atoms with Crippen LogP contribution in [0.15, 0.2) is 18.2 Å². The van der Waals surface area contributed by atoms with Gasteiger partial charge in [0, 0.05) is 18.5 Å². The summed E-state index contributed by atoms with van der Waals surface area (Å²) in [5.74, 6) is -0.590. The largest absolute Gasteiger partial charge is 0.466 e. The number of nitrogens with one attached hydrogen (secondary N) is 3. The molecule has 7 nitrogen and oxygen atoms in total. The number of ether oxygens (including phenoxy) is 1. The number of quaternary nitrogens is 1. The number of amides is 2. The summed E-state index contributed by atoms with van der Waals surface area (Å²) in [6, 6.07) is 5.72. The van der Waals surface area contributed by atoms with Gasteiger partial charge in [-0.15, -0.1) is 0 Å². The fraction of sp³-hybridized carbons (Fsp3) is 0.550. The maximum absolute atomic E-state index is 12.1. The SMILES string of the molecule is CCOC(=O)C1CC[NH+](CC(=O)NCC(=O)Nc2cccc(C)c2C)CC1. The van der Waals surface area contributed by atoms with Crippen molar-refractivity contribution in [2.24, 2.45) is 5.92 Å². The van der Waals surface area contributed by atoms with Gasteiger partial charge in [0.15, 0.2) is 6.54 Å². The van der Waals surface area contributed by atoms with E-state index in [2.05, 4.69) is 10.6 Å². The van der Waals surface area contributed by atoms with Crippen molar-refractivity contribution in [1.29, 1.82) is 0 Å². The van der Waals surface area contributed by atoms with E-state index in [-0.39, 0.29) is 30.2 Å². The highest BCUT2D eigenvalue weighted by molar-refractivity contribution is 5.95. The lowest BCUT2D eigenvalue weighted by Gasteiger charge is -2.27. The van der Waals surface area contributed by atoms with Gasteiger partial charge in [-0.2, -0.15) is 0 Å². The highest BCUT2D eigenvalue weighted by Crippen LogP contribution is 2.17. The summed E-state index contributed by atoms with van der Waals surface area (Å²) in [6.45, 7) is 7.92. The summed E-state index contributed by atoms with van der Waals surface area (Å²) in [4.78, 5) is 37.0. The fourth-order valence-corrected chi connectivity index (χ4v) is 3.25. The van der Waals surface area contributed by atoms with E-state index >= 15 is 0 Å². The molecule has 0 bridgehead atoms. The molecule has 2 rings (SSSR count). The smallest absolute Gasteiger partial charge is 0.309 e. The molecule has 2 amide bonds. The van der Waals surface area contributed by atoms with Crippen LogP contribution in [0.2, 0.25) is 0 Å². The van der Waals surface area contributed by atoms with Crippen molar-refractivity contribution in [3.05, 3.63) is 29.3 Å². The summed E-state index contributed by atoms with van der Waals surface area (Å²) >= 11 is 0. The summed E-state index contributed by atoms with van der Waals surface area (Å²) in [7, 11) is 0. The minimum Gasteiger partial charge on any atom is -0.466 e. The number of hydrogen-bond acceptors (Lipinski definition) is 4. The lowest BCUT2D eigenvalue weighted by molar-refractivity contribution is -0.897. The van der Waals surface area contributed by atoms with Gasteiger partial charge in [-0.25, -0.2) is 0 Å². The van der Waals surface area contributed by atoms with E-state index in [0.29, 0.717) is 13.2 Å². The van der Waals surface area contributed by atoms with Gasteiger partial charge in [0.05, 0.1) is 32.2 Å². The van der Waals surface area contributed by atoms with Crippen molar-refractivity contribution in [1.82, 2.24) is 5.32 Å². The van der Waals surface area contributed by atoms with Gasteiger partial charge in [0.2, 0.25) is 5.91 Å². The van der Waals surface area contributed by atoms with Gasteiger partial charge in [-0.3, -0.25) is 14.4 Å². The number of carbonyl (C=O) groups is 3. The van der Waals surface area contributed by atoms with Crippen molar-refractivity contribution in [3.8, 4) is 0 Å². The van der Waals surface area contributed by atoms with Crippen LogP contribution in [-0.4, -0.2) is 50.6 Å². The second-order valence-corrected chi connectivity index (χ2v) is 7.03. The number of anilines is 1. The highest BCUT2D eigenvalue weighted by atomic mass is 16.5. The molecule has 1 saturated heterocycles. The van der Waals surface area contributed by atoms with Crippen LogP contribution in [0.25, 0.3) is 0 Å². The van der Waals surface area contributed by atoms with E-state index < -0.39 is 0 Å². The van der Waals surface area contributed by atoms with Crippen molar-refractivity contribution < 1.29 is 24.0 Å². The molecule has 148 valence electrons. The molecule has 1 heterocycles. The third-order valence-electron chi connectivity index (χ3n) is 5.05. The number of esters is 1. The van der Waals surface area contributed by atoms with Gasteiger partial charge in [0.25, 0.3) is 5.91 Å². The van der Waals surface area contributed by atoms with Crippen LogP contribution in [0.3, 0.4) is 0 Å². The van der Waals surface area contributed by atoms with Gasteiger partial charge < -0.3 is 20.3 Å². The molecule has 1 aromatic rings. The van der Waals surface area contributed by atoms with Crippen molar-refractivity contribution in [2.75, 3.05) is 38.1 Å². The maximum Gasteiger partial charge on any atom is 0.309 e. The first-order valence-electron chi connectivity index (χ1n) is 9.53. The Morgan fingerprint density at radius 1 is 1.15 bits per heavy atom. The Labute approximate surface area is 160 Å². The molecule has 7 heteroatoms. The first-order chi connectivity index (χ1) is 12.9. The molecule has 0 spiro atoms. The molecule has 0 aliphatic carbocycles. The third kappa shape index (κ3) is 6.36. The Hall–Kier alpha value is -2.41. The molecule has 0 aromatic heterocycles. The van der Waals surface area contributed by atoms with Crippen LogP contribution in [0.5, 0.6) is 0 Å². The van der Waals surface area contributed by atoms with Crippen molar-refractivity contribution >= 4 is 23.5 Å². The Morgan fingerprint density at radius 2 is 1.85 bits per heavy atom. The van der Waals surface area contributed by atoms with Crippen LogP contribution in [-0.2, 0) is 19.1 Å². The summed E-state index contributed by atoms with van der Waals surface area (Å²) in [5.41, 5.74) is 2.89. The van der Waals surface area contributed by atoms with Crippen LogP contribution < -0.4 is 15.5 Å². The highest BCUT2D eigenvalue weighted by Gasteiger charge is 2.29. The van der Waals surface area contributed by atoms with Crippen LogP contribution >= 0.6 is 0 Å². The summed E-state index contributed by atoms with van der Waals surface area (Å²) < 4.78 is 5.06. The van der Waals surface area contributed by atoms with E-state index in [0.717, 1.165) is 47.6 Å². The number of piperidine rings is 1. The number of carbonyl (C=O) groups excluding carboxylic acids is 3. The number of hydrogen-bond donors (Lipinski definition) is 3. The van der Waals surface area contributed by atoms with Crippen molar-refractivity contribution in [3.63, 3.8) is 0 Å². The zero-order valence-electron chi connectivity index (χ0n) is 16.4. The molecule has 1 aromatic carbocycles. The topological polar surface area (TPSA) is 88.9 Å². The minimum absolute atomic E-state index is 0.0506. The maximum atomic E-state index is 12.1. The molecule has 1 aliphatic rings.